The topological polar surface area (TPSA) is 49.4 Å². The van der Waals surface area contributed by atoms with Gasteiger partial charge in [-0.25, -0.2) is 4.39 Å². The Bertz CT molecular complexity index is 1080. The highest BCUT2D eigenvalue weighted by molar-refractivity contribution is 6.31. The van der Waals surface area contributed by atoms with Gasteiger partial charge in [0, 0.05) is 30.1 Å². The largest absolute Gasteiger partial charge is 0.355 e. The molecule has 0 spiro atoms. The molecule has 0 bridgehead atoms. The van der Waals surface area contributed by atoms with Crippen molar-refractivity contribution in [1.82, 2.24) is 10.2 Å². The molecule has 4 nitrogen and oxygen atoms in total. The third-order valence-corrected chi connectivity index (χ3v) is 5.97. The maximum absolute atomic E-state index is 14.5. The van der Waals surface area contributed by atoms with E-state index in [0.717, 1.165) is 16.7 Å². The fourth-order valence-corrected chi connectivity index (χ4v) is 4.00. The highest BCUT2D eigenvalue weighted by atomic mass is 35.5. The highest BCUT2D eigenvalue weighted by Crippen LogP contribution is 2.23. The van der Waals surface area contributed by atoms with Gasteiger partial charge in [-0.2, -0.15) is 0 Å². The molecule has 2 amide bonds. The molecule has 6 heteroatoms. The Morgan fingerprint density at radius 2 is 1.70 bits per heavy atom. The monoisotopic (exact) mass is 466 g/mol. The predicted octanol–water partition coefficient (Wildman–Crippen LogP) is 5.11. The molecule has 172 valence electrons. The summed E-state index contributed by atoms with van der Waals surface area (Å²) in [4.78, 5) is 28.3. The minimum atomic E-state index is -0.759. The number of likely N-dealkylation sites (N-methyl/N-ethyl adjacent to an activating group) is 1. The van der Waals surface area contributed by atoms with Crippen molar-refractivity contribution < 1.29 is 14.0 Å². The zero-order valence-electron chi connectivity index (χ0n) is 18.9. The number of carbonyl (C=O) groups is 2. The SMILES string of the molecule is CCNC(=O)[C@H](Cc1ccccc1)N(Cc1ccccc1C)C(=O)Cc1c(F)cccc1Cl. The van der Waals surface area contributed by atoms with Crippen molar-refractivity contribution in [3.8, 4) is 0 Å². The Hall–Kier alpha value is -3.18. The van der Waals surface area contributed by atoms with Gasteiger partial charge in [0.2, 0.25) is 11.8 Å². The molecule has 3 rings (SSSR count). The van der Waals surface area contributed by atoms with Gasteiger partial charge in [-0.15, -0.1) is 0 Å². The van der Waals surface area contributed by atoms with Crippen LogP contribution < -0.4 is 5.32 Å². The predicted molar refractivity (Wildman–Crippen MR) is 129 cm³/mol. The first kappa shape index (κ1) is 24.5. The van der Waals surface area contributed by atoms with E-state index in [1.165, 1.54) is 12.1 Å². The molecular formula is C27H28ClFN2O2. The van der Waals surface area contributed by atoms with Crippen molar-refractivity contribution in [3.05, 3.63) is 106 Å². The fourth-order valence-electron chi connectivity index (χ4n) is 3.77. The second-order valence-electron chi connectivity index (χ2n) is 7.93. The summed E-state index contributed by atoms with van der Waals surface area (Å²) in [6.45, 7) is 4.47. The van der Waals surface area contributed by atoms with E-state index < -0.39 is 11.9 Å². The quantitative estimate of drug-likeness (QED) is 0.476. The maximum atomic E-state index is 14.5. The van der Waals surface area contributed by atoms with Crippen molar-refractivity contribution in [3.63, 3.8) is 0 Å². The summed E-state index contributed by atoms with van der Waals surface area (Å²) in [7, 11) is 0. The first-order chi connectivity index (χ1) is 15.9. The molecule has 3 aromatic rings. The van der Waals surface area contributed by atoms with Crippen LogP contribution in [0.25, 0.3) is 0 Å². The molecular weight excluding hydrogens is 439 g/mol. The van der Waals surface area contributed by atoms with E-state index >= 15 is 0 Å². The van der Waals surface area contributed by atoms with E-state index in [4.69, 9.17) is 11.6 Å². The Balaban J connectivity index is 2.01. The molecule has 0 saturated carbocycles. The average Bonchev–Trinajstić information content (AvgIpc) is 2.80. The first-order valence-corrected chi connectivity index (χ1v) is 11.4. The first-order valence-electron chi connectivity index (χ1n) is 11.0. The molecule has 0 saturated heterocycles. The van der Waals surface area contributed by atoms with Crippen LogP contribution in [0.2, 0.25) is 5.02 Å². The number of amides is 2. The van der Waals surface area contributed by atoms with E-state index in [2.05, 4.69) is 5.32 Å². The summed E-state index contributed by atoms with van der Waals surface area (Å²) in [5.41, 5.74) is 3.00. The van der Waals surface area contributed by atoms with Gasteiger partial charge >= 0.3 is 0 Å². The smallest absolute Gasteiger partial charge is 0.243 e. The Morgan fingerprint density at radius 3 is 2.36 bits per heavy atom. The van der Waals surface area contributed by atoms with Crippen LogP contribution in [0, 0.1) is 12.7 Å². The number of aryl methyl sites for hydroxylation is 1. The lowest BCUT2D eigenvalue weighted by Crippen LogP contribution is -2.51. The summed E-state index contributed by atoms with van der Waals surface area (Å²) in [5, 5.41) is 3.05. The Morgan fingerprint density at radius 1 is 1.00 bits per heavy atom. The van der Waals surface area contributed by atoms with E-state index in [9.17, 15) is 14.0 Å². The molecule has 0 fully saturated rings. The minimum Gasteiger partial charge on any atom is -0.355 e. The summed E-state index contributed by atoms with van der Waals surface area (Å²) in [5.74, 6) is -1.15. The molecule has 33 heavy (non-hydrogen) atoms. The summed E-state index contributed by atoms with van der Waals surface area (Å²) in [6, 6.07) is 20.9. The normalized spacial score (nSPS) is 11.6. The van der Waals surface area contributed by atoms with Gasteiger partial charge in [0.1, 0.15) is 11.9 Å². The van der Waals surface area contributed by atoms with Crippen LogP contribution in [0.4, 0.5) is 4.39 Å². The molecule has 0 unspecified atom stereocenters. The van der Waals surface area contributed by atoms with Crippen molar-refractivity contribution in [1.29, 1.82) is 0 Å². The number of benzene rings is 3. The number of nitrogens with one attached hydrogen (secondary N) is 1. The fraction of sp³-hybridized carbons (Fsp3) is 0.259. The molecule has 0 aliphatic heterocycles. The van der Waals surface area contributed by atoms with Gasteiger partial charge in [0.05, 0.1) is 6.42 Å². The van der Waals surface area contributed by atoms with Crippen LogP contribution in [-0.4, -0.2) is 29.3 Å². The second-order valence-corrected chi connectivity index (χ2v) is 8.33. The lowest BCUT2D eigenvalue weighted by atomic mass is 10.0. The molecule has 0 aliphatic rings. The van der Waals surface area contributed by atoms with Crippen molar-refractivity contribution in [2.24, 2.45) is 0 Å². The molecule has 0 aromatic heterocycles. The lowest BCUT2D eigenvalue weighted by molar-refractivity contribution is -0.140. The van der Waals surface area contributed by atoms with Crippen LogP contribution in [-0.2, 0) is 29.0 Å². The van der Waals surface area contributed by atoms with Gasteiger partial charge < -0.3 is 10.2 Å². The van der Waals surface area contributed by atoms with Crippen LogP contribution in [0.1, 0.15) is 29.2 Å². The van der Waals surface area contributed by atoms with E-state index in [-0.39, 0.29) is 35.4 Å². The van der Waals surface area contributed by atoms with E-state index in [1.807, 2.05) is 68.4 Å². The zero-order chi connectivity index (χ0) is 23.8. The van der Waals surface area contributed by atoms with Gasteiger partial charge in [-0.05, 0) is 42.7 Å². The van der Waals surface area contributed by atoms with Crippen LogP contribution >= 0.6 is 11.6 Å². The molecule has 0 aliphatic carbocycles. The Labute approximate surface area is 199 Å². The zero-order valence-corrected chi connectivity index (χ0v) is 19.6. The summed E-state index contributed by atoms with van der Waals surface area (Å²) >= 11 is 6.20. The number of rotatable bonds is 9. The van der Waals surface area contributed by atoms with Gasteiger partial charge in [0.25, 0.3) is 0 Å². The molecule has 1 N–H and O–H groups in total. The van der Waals surface area contributed by atoms with E-state index in [0.29, 0.717) is 13.0 Å². The van der Waals surface area contributed by atoms with Gasteiger partial charge in [0.15, 0.2) is 0 Å². The van der Waals surface area contributed by atoms with Gasteiger partial charge in [-0.1, -0.05) is 72.3 Å². The van der Waals surface area contributed by atoms with Crippen LogP contribution in [0.15, 0.2) is 72.8 Å². The molecule has 0 radical (unpaired) electrons. The average molecular weight is 467 g/mol. The lowest BCUT2D eigenvalue weighted by Gasteiger charge is -2.32. The number of hydrogen-bond donors (Lipinski definition) is 1. The third kappa shape index (κ3) is 6.42. The Kier molecular flexibility index (Phi) is 8.61. The van der Waals surface area contributed by atoms with Crippen LogP contribution in [0.5, 0.6) is 0 Å². The molecule has 3 aromatic carbocycles. The molecule has 0 heterocycles. The number of carbonyl (C=O) groups excluding carboxylic acids is 2. The maximum Gasteiger partial charge on any atom is 0.243 e. The summed E-state index contributed by atoms with van der Waals surface area (Å²) in [6.07, 6.45) is 0.109. The number of hydrogen-bond acceptors (Lipinski definition) is 2. The van der Waals surface area contributed by atoms with Crippen molar-refractivity contribution in [2.45, 2.75) is 39.3 Å². The molecule has 1 atom stereocenters. The number of halogens is 2. The van der Waals surface area contributed by atoms with Crippen molar-refractivity contribution >= 4 is 23.4 Å². The van der Waals surface area contributed by atoms with Crippen LogP contribution in [0.3, 0.4) is 0 Å². The van der Waals surface area contributed by atoms with Crippen molar-refractivity contribution in [2.75, 3.05) is 6.54 Å². The second kappa shape index (κ2) is 11.6. The van der Waals surface area contributed by atoms with E-state index in [1.54, 1.807) is 11.0 Å². The third-order valence-electron chi connectivity index (χ3n) is 5.61. The number of nitrogens with zero attached hydrogens (tertiary/aromatic N) is 1. The standard InChI is InChI=1S/C27H28ClFN2O2/c1-3-30-27(33)25(16-20-11-5-4-6-12-20)31(18-21-13-8-7-10-19(21)2)26(32)17-22-23(28)14-9-15-24(22)29/h4-15,25H,3,16-18H2,1-2H3,(H,30,33)/t25-/m0/s1. The minimum absolute atomic E-state index is 0.133. The summed E-state index contributed by atoms with van der Waals surface area (Å²) < 4.78 is 14.5. The highest BCUT2D eigenvalue weighted by Gasteiger charge is 2.31. The van der Waals surface area contributed by atoms with Gasteiger partial charge in [-0.3, -0.25) is 9.59 Å².